The van der Waals surface area contributed by atoms with E-state index < -0.39 is 10.0 Å². The molecule has 1 aromatic carbocycles. The summed E-state index contributed by atoms with van der Waals surface area (Å²) in [5.41, 5.74) is 2.82. The molecule has 2 N–H and O–H groups in total. The fraction of sp³-hybridized carbons (Fsp3) is 0.625. The van der Waals surface area contributed by atoms with Gasteiger partial charge < -0.3 is 5.32 Å². The van der Waals surface area contributed by atoms with Gasteiger partial charge in [0.15, 0.2) is 0 Å². The number of nitrogens with one attached hydrogen (secondary N) is 2. The minimum absolute atomic E-state index is 0. The first-order valence-electron chi connectivity index (χ1n) is 7.46. The maximum atomic E-state index is 12.7. The molecule has 1 atom stereocenters. The molecule has 6 heteroatoms. The molecule has 0 aliphatic carbocycles. The van der Waals surface area contributed by atoms with Gasteiger partial charge >= 0.3 is 0 Å². The molecule has 1 aliphatic rings. The number of hydrogen-bond acceptors (Lipinski definition) is 3. The Balaban J connectivity index is 0.00000242. The van der Waals surface area contributed by atoms with Crippen molar-refractivity contribution in [1.82, 2.24) is 10.0 Å². The van der Waals surface area contributed by atoms with Gasteiger partial charge in [-0.05, 0) is 48.9 Å². The first kappa shape index (κ1) is 19.4. The third kappa shape index (κ3) is 4.22. The molecule has 1 fully saturated rings. The summed E-state index contributed by atoms with van der Waals surface area (Å²) in [4.78, 5) is 0.433. The van der Waals surface area contributed by atoms with Crippen LogP contribution in [0.3, 0.4) is 0 Å². The predicted octanol–water partition coefficient (Wildman–Crippen LogP) is 2.66. The second-order valence-corrected chi connectivity index (χ2v) is 8.65. The van der Waals surface area contributed by atoms with Crippen molar-refractivity contribution in [1.29, 1.82) is 0 Å². The van der Waals surface area contributed by atoms with Gasteiger partial charge in [-0.1, -0.05) is 32.9 Å². The molecule has 0 spiro atoms. The van der Waals surface area contributed by atoms with Gasteiger partial charge in [0.05, 0.1) is 4.90 Å². The lowest BCUT2D eigenvalue weighted by Gasteiger charge is -2.23. The molecule has 0 aromatic heterocycles. The Morgan fingerprint density at radius 1 is 1.18 bits per heavy atom. The van der Waals surface area contributed by atoms with E-state index in [1.807, 2.05) is 26.0 Å². The molecule has 0 amide bonds. The molecule has 0 saturated carbocycles. The minimum Gasteiger partial charge on any atom is -0.315 e. The number of sulfonamides is 1. The number of benzene rings is 1. The number of rotatable bonds is 3. The third-order valence-electron chi connectivity index (χ3n) is 3.98. The van der Waals surface area contributed by atoms with Crippen LogP contribution in [0.5, 0.6) is 0 Å². The van der Waals surface area contributed by atoms with Crippen LogP contribution in [0, 0.1) is 13.8 Å². The second kappa shape index (κ2) is 6.87. The van der Waals surface area contributed by atoms with Crippen molar-refractivity contribution in [3.63, 3.8) is 0 Å². The van der Waals surface area contributed by atoms with Crippen LogP contribution in [-0.4, -0.2) is 27.5 Å². The topological polar surface area (TPSA) is 58.2 Å². The van der Waals surface area contributed by atoms with Gasteiger partial charge in [0, 0.05) is 12.6 Å². The van der Waals surface area contributed by atoms with Crippen molar-refractivity contribution in [2.24, 2.45) is 0 Å². The SMILES string of the molecule is Cc1cc(C(C)(C)C)cc(C)c1S(=O)(=O)NC1CCNC1.Cl. The van der Waals surface area contributed by atoms with E-state index in [1.165, 1.54) is 5.56 Å². The Hall–Kier alpha value is -0.620. The molecule has 1 aromatic rings. The highest BCUT2D eigenvalue weighted by molar-refractivity contribution is 7.89. The molecular formula is C16H27ClN2O2S. The first-order valence-corrected chi connectivity index (χ1v) is 8.94. The molecule has 22 heavy (non-hydrogen) atoms. The van der Waals surface area contributed by atoms with E-state index in [-0.39, 0.29) is 23.9 Å². The van der Waals surface area contributed by atoms with Crippen LogP contribution in [0.15, 0.2) is 17.0 Å². The van der Waals surface area contributed by atoms with Gasteiger partial charge in [-0.15, -0.1) is 12.4 Å². The highest BCUT2D eigenvalue weighted by Crippen LogP contribution is 2.29. The zero-order chi connectivity index (χ0) is 15.8. The van der Waals surface area contributed by atoms with Crippen LogP contribution in [0.1, 0.15) is 43.9 Å². The molecule has 2 rings (SSSR count). The second-order valence-electron chi connectivity index (χ2n) is 7.00. The van der Waals surface area contributed by atoms with E-state index in [4.69, 9.17) is 0 Å². The lowest BCUT2D eigenvalue weighted by Crippen LogP contribution is -2.37. The predicted molar refractivity (Wildman–Crippen MR) is 93.5 cm³/mol. The molecule has 1 aliphatic heterocycles. The van der Waals surface area contributed by atoms with E-state index in [0.717, 1.165) is 24.1 Å². The average Bonchev–Trinajstić information content (AvgIpc) is 2.78. The Morgan fingerprint density at radius 2 is 1.73 bits per heavy atom. The zero-order valence-electron chi connectivity index (χ0n) is 14.0. The van der Waals surface area contributed by atoms with Crippen LogP contribution in [0.2, 0.25) is 0 Å². The van der Waals surface area contributed by atoms with Crippen molar-refractivity contribution >= 4 is 22.4 Å². The van der Waals surface area contributed by atoms with Crippen molar-refractivity contribution in [3.8, 4) is 0 Å². The van der Waals surface area contributed by atoms with Crippen LogP contribution in [0.25, 0.3) is 0 Å². The molecule has 0 radical (unpaired) electrons. The Bertz CT molecular complexity index is 607. The quantitative estimate of drug-likeness (QED) is 0.884. The molecule has 1 heterocycles. The molecule has 1 unspecified atom stereocenters. The maximum Gasteiger partial charge on any atom is 0.241 e. The van der Waals surface area contributed by atoms with Gasteiger partial charge in [-0.25, -0.2) is 13.1 Å². The van der Waals surface area contributed by atoms with Crippen LogP contribution in [-0.2, 0) is 15.4 Å². The van der Waals surface area contributed by atoms with Crippen LogP contribution in [0.4, 0.5) is 0 Å². The average molecular weight is 347 g/mol. The minimum atomic E-state index is -3.46. The van der Waals surface area contributed by atoms with E-state index in [2.05, 4.69) is 30.8 Å². The monoisotopic (exact) mass is 346 g/mol. The molecular weight excluding hydrogens is 320 g/mol. The third-order valence-corrected chi connectivity index (χ3v) is 5.80. The van der Waals surface area contributed by atoms with Crippen molar-refractivity contribution in [3.05, 3.63) is 28.8 Å². The summed E-state index contributed by atoms with van der Waals surface area (Å²) >= 11 is 0. The lowest BCUT2D eigenvalue weighted by molar-refractivity contribution is 0.557. The van der Waals surface area contributed by atoms with Gasteiger partial charge in [0.2, 0.25) is 10.0 Å². The molecule has 0 bridgehead atoms. The highest BCUT2D eigenvalue weighted by Gasteiger charge is 2.26. The van der Waals surface area contributed by atoms with Crippen molar-refractivity contribution in [2.75, 3.05) is 13.1 Å². The highest BCUT2D eigenvalue weighted by atomic mass is 35.5. The summed E-state index contributed by atoms with van der Waals surface area (Å²) in [5.74, 6) is 0. The summed E-state index contributed by atoms with van der Waals surface area (Å²) in [6.07, 6.45) is 0.845. The van der Waals surface area contributed by atoms with Gasteiger partial charge in [-0.3, -0.25) is 0 Å². The standard InChI is InChI=1S/C16H26N2O2S.ClH/c1-11-8-13(16(3,4)5)9-12(2)15(11)21(19,20)18-14-6-7-17-10-14;/h8-9,14,17-18H,6-7,10H2,1-5H3;1H. The van der Waals surface area contributed by atoms with E-state index in [0.29, 0.717) is 11.4 Å². The van der Waals surface area contributed by atoms with Crippen LogP contribution >= 0.6 is 12.4 Å². The van der Waals surface area contributed by atoms with Crippen molar-refractivity contribution < 1.29 is 8.42 Å². The molecule has 126 valence electrons. The Labute approximate surface area is 140 Å². The summed E-state index contributed by atoms with van der Waals surface area (Å²) in [6.45, 7) is 11.7. The first-order chi connectivity index (χ1) is 9.61. The Kier molecular flexibility index (Phi) is 6.07. The smallest absolute Gasteiger partial charge is 0.241 e. The fourth-order valence-electron chi connectivity index (χ4n) is 2.84. The largest absolute Gasteiger partial charge is 0.315 e. The summed E-state index contributed by atoms with van der Waals surface area (Å²) in [5, 5.41) is 3.18. The van der Waals surface area contributed by atoms with E-state index in [9.17, 15) is 8.42 Å². The zero-order valence-corrected chi connectivity index (χ0v) is 15.6. The number of hydrogen-bond donors (Lipinski definition) is 2. The number of aryl methyl sites for hydroxylation is 2. The van der Waals surface area contributed by atoms with Gasteiger partial charge in [0.25, 0.3) is 0 Å². The summed E-state index contributed by atoms with van der Waals surface area (Å²) in [6, 6.07) is 3.99. The summed E-state index contributed by atoms with van der Waals surface area (Å²) in [7, 11) is -3.46. The molecule has 4 nitrogen and oxygen atoms in total. The van der Waals surface area contributed by atoms with Gasteiger partial charge in [0.1, 0.15) is 0 Å². The fourth-order valence-corrected chi connectivity index (χ4v) is 4.56. The van der Waals surface area contributed by atoms with Crippen molar-refractivity contribution in [2.45, 2.75) is 57.4 Å². The van der Waals surface area contributed by atoms with E-state index >= 15 is 0 Å². The molecule has 1 saturated heterocycles. The van der Waals surface area contributed by atoms with Gasteiger partial charge in [-0.2, -0.15) is 0 Å². The van der Waals surface area contributed by atoms with Crippen LogP contribution < -0.4 is 10.0 Å². The number of halogens is 1. The van der Waals surface area contributed by atoms with E-state index in [1.54, 1.807) is 0 Å². The maximum absolute atomic E-state index is 12.7. The lowest BCUT2D eigenvalue weighted by atomic mass is 9.85. The Morgan fingerprint density at radius 3 is 2.14 bits per heavy atom. The normalized spacial score (nSPS) is 19.0. The summed E-state index contributed by atoms with van der Waals surface area (Å²) < 4.78 is 28.1.